The summed E-state index contributed by atoms with van der Waals surface area (Å²) >= 11 is 9.38. The molecule has 1 heterocycles. The van der Waals surface area contributed by atoms with E-state index in [9.17, 15) is 9.59 Å². The first-order valence-corrected chi connectivity index (χ1v) is 11.3. The van der Waals surface area contributed by atoms with Crippen LogP contribution in [-0.2, 0) is 4.79 Å². The van der Waals surface area contributed by atoms with Crippen LogP contribution >= 0.6 is 27.5 Å². The SMILES string of the molecule is COc1ccc(C2=NN(C(=O)COc3ccc(Br)cc3C=O)C(c3ccc(Cl)cc3)C2)cc1. The summed E-state index contributed by atoms with van der Waals surface area (Å²) in [5.41, 5.74) is 2.96. The number of hydrogen-bond donors (Lipinski definition) is 0. The van der Waals surface area contributed by atoms with Gasteiger partial charge in [-0.25, -0.2) is 5.01 Å². The van der Waals surface area contributed by atoms with E-state index in [0.717, 1.165) is 27.1 Å². The van der Waals surface area contributed by atoms with Gasteiger partial charge in [0.05, 0.1) is 24.4 Å². The molecule has 0 aliphatic carbocycles. The number of rotatable bonds is 7. The number of methoxy groups -OCH3 is 1. The molecule has 6 nitrogen and oxygen atoms in total. The van der Waals surface area contributed by atoms with Crippen molar-refractivity contribution in [1.82, 2.24) is 5.01 Å². The molecular weight excluding hydrogens is 508 g/mol. The van der Waals surface area contributed by atoms with Gasteiger partial charge in [-0.15, -0.1) is 0 Å². The van der Waals surface area contributed by atoms with Gasteiger partial charge in [0.2, 0.25) is 0 Å². The van der Waals surface area contributed by atoms with Crippen molar-refractivity contribution >= 4 is 45.4 Å². The summed E-state index contributed by atoms with van der Waals surface area (Å²) in [6.45, 7) is -0.258. The maximum absolute atomic E-state index is 13.2. The highest BCUT2D eigenvalue weighted by molar-refractivity contribution is 9.10. The lowest BCUT2D eigenvalue weighted by Gasteiger charge is -2.22. The Kier molecular flexibility index (Phi) is 7.11. The number of ether oxygens (including phenoxy) is 2. The number of halogens is 2. The highest BCUT2D eigenvalue weighted by Gasteiger charge is 2.33. The minimum atomic E-state index is -0.321. The third-order valence-electron chi connectivity index (χ3n) is 5.29. The highest BCUT2D eigenvalue weighted by atomic mass is 79.9. The Hall–Kier alpha value is -3.16. The van der Waals surface area contributed by atoms with Crippen LogP contribution < -0.4 is 9.47 Å². The van der Waals surface area contributed by atoms with Crippen LogP contribution in [0.2, 0.25) is 5.02 Å². The van der Waals surface area contributed by atoms with Gasteiger partial charge in [-0.1, -0.05) is 39.7 Å². The number of hydrazone groups is 1. The molecule has 0 aromatic heterocycles. The molecule has 168 valence electrons. The van der Waals surface area contributed by atoms with Gasteiger partial charge in [0.25, 0.3) is 5.91 Å². The number of hydrogen-bond acceptors (Lipinski definition) is 5. The number of amides is 1. The molecule has 0 radical (unpaired) electrons. The van der Waals surface area contributed by atoms with E-state index in [4.69, 9.17) is 21.1 Å². The van der Waals surface area contributed by atoms with Gasteiger partial charge < -0.3 is 9.47 Å². The van der Waals surface area contributed by atoms with Crippen molar-refractivity contribution in [3.63, 3.8) is 0 Å². The zero-order valence-electron chi connectivity index (χ0n) is 17.7. The van der Waals surface area contributed by atoms with Crippen molar-refractivity contribution in [3.05, 3.63) is 92.9 Å². The minimum absolute atomic E-state index is 0.258. The molecule has 4 rings (SSSR count). The fourth-order valence-corrected chi connectivity index (χ4v) is 4.10. The Labute approximate surface area is 204 Å². The summed E-state index contributed by atoms with van der Waals surface area (Å²) in [6.07, 6.45) is 1.23. The molecule has 1 aliphatic rings. The Morgan fingerprint density at radius 2 is 1.88 bits per heavy atom. The molecule has 0 fully saturated rings. The molecule has 0 N–H and O–H groups in total. The molecule has 1 atom stereocenters. The fraction of sp³-hybridized carbons (Fsp3) is 0.160. The topological polar surface area (TPSA) is 68.2 Å². The first-order chi connectivity index (χ1) is 16.0. The van der Waals surface area contributed by atoms with E-state index in [2.05, 4.69) is 21.0 Å². The van der Waals surface area contributed by atoms with E-state index in [1.165, 1.54) is 5.01 Å². The Morgan fingerprint density at radius 3 is 2.55 bits per heavy atom. The van der Waals surface area contributed by atoms with Gasteiger partial charge in [0.1, 0.15) is 11.5 Å². The second kappa shape index (κ2) is 10.2. The third kappa shape index (κ3) is 5.26. The number of carbonyl (C=O) groups is 2. The van der Waals surface area contributed by atoms with Crippen LogP contribution in [0.4, 0.5) is 0 Å². The quantitative estimate of drug-likeness (QED) is 0.371. The van der Waals surface area contributed by atoms with Crippen molar-refractivity contribution in [3.8, 4) is 11.5 Å². The maximum Gasteiger partial charge on any atom is 0.281 e. The van der Waals surface area contributed by atoms with Crippen LogP contribution in [0.1, 0.15) is 33.9 Å². The van der Waals surface area contributed by atoms with E-state index < -0.39 is 0 Å². The van der Waals surface area contributed by atoms with E-state index in [1.54, 1.807) is 37.4 Å². The predicted octanol–water partition coefficient (Wildman–Crippen LogP) is 5.68. The van der Waals surface area contributed by atoms with Crippen LogP contribution in [-0.4, -0.2) is 36.6 Å². The van der Waals surface area contributed by atoms with E-state index >= 15 is 0 Å². The maximum atomic E-state index is 13.2. The monoisotopic (exact) mass is 526 g/mol. The summed E-state index contributed by atoms with van der Waals surface area (Å²) in [5.74, 6) is 0.759. The van der Waals surface area contributed by atoms with Gasteiger partial charge >= 0.3 is 0 Å². The van der Waals surface area contributed by atoms with Crippen molar-refractivity contribution in [1.29, 1.82) is 0 Å². The summed E-state index contributed by atoms with van der Waals surface area (Å²) in [6, 6.07) is 19.6. The van der Waals surface area contributed by atoms with Crippen LogP contribution in [0.3, 0.4) is 0 Å². The van der Waals surface area contributed by atoms with Gasteiger partial charge in [-0.05, 0) is 65.7 Å². The number of benzene rings is 3. The molecule has 0 saturated heterocycles. The molecule has 8 heteroatoms. The second-order valence-corrected chi connectivity index (χ2v) is 8.73. The fourth-order valence-electron chi connectivity index (χ4n) is 3.59. The molecule has 1 unspecified atom stereocenters. The second-order valence-electron chi connectivity index (χ2n) is 7.37. The predicted molar refractivity (Wildman–Crippen MR) is 130 cm³/mol. The van der Waals surface area contributed by atoms with E-state index in [-0.39, 0.29) is 18.6 Å². The van der Waals surface area contributed by atoms with Crippen molar-refractivity contribution in [2.45, 2.75) is 12.5 Å². The van der Waals surface area contributed by atoms with Crippen molar-refractivity contribution in [2.75, 3.05) is 13.7 Å². The number of nitrogens with zero attached hydrogens (tertiary/aromatic N) is 2. The molecule has 1 aliphatic heterocycles. The van der Waals surface area contributed by atoms with Gasteiger partial charge in [0, 0.05) is 15.9 Å². The van der Waals surface area contributed by atoms with Crippen LogP contribution in [0.25, 0.3) is 0 Å². The Bertz CT molecular complexity index is 1200. The van der Waals surface area contributed by atoms with Crippen molar-refractivity contribution < 1.29 is 19.1 Å². The van der Waals surface area contributed by atoms with Gasteiger partial charge in [-0.3, -0.25) is 9.59 Å². The molecular formula is C25H20BrClN2O4. The Morgan fingerprint density at radius 1 is 1.15 bits per heavy atom. The zero-order valence-corrected chi connectivity index (χ0v) is 20.0. The lowest BCUT2D eigenvalue weighted by atomic mass is 9.98. The average Bonchev–Trinajstić information content (AvgIpc) is 3.29. The molecule has 0 bridgehead atoms. The van der Waals surface area contributed by atoms with Crippen LogP contribution in [0.5, 0.6) is 11.5 Å². The zero-order chi connectivity index (χ0) is 23.4. The third-order valence-corrected chi connectivity index (χ3v) is 6.04. The standard InChI is InChI=1S/C25H20BrClN2O4/c1-32-21-9-4-16(5-10-21)22-13-23(17-2-7-20(27)8-3-17)29(28-22)25(31)15-33-24-11-6-19(26)12-18(24)14-30/h2-12,14,23H,13,15H2,1H3. The number of aldehydes is 1. The summed E-state index contributed by atoms with van der Waals surface area (Å²) in [4.78, 5) is 24.5. The lowest BCUT2D eigenvalue weighted by molar-refractivity contribution is -0.135. The molecule has 1 amide bonds. The molecule has 3 aromatic carbocycles. The average molecular weight is 528 g/mol. The summed E-state index contributed by atoms with van der Waals surface area (Å²) in [5, 5.41) is 6.70. The molecule has 3 aromatic rings. The van der Waals surface area contributed by atoms with E-state index in [1.807, 2.05) is 36.4 Å². The first-order valence-electron chi connectivity index (χ1n) is 10.2. The van der Waals surface area contributed by atoms with Crippen LogP contribution in [0, 0.1) is 0 Å². The minimum Gasteiger partial charge on any atom is -0.497 e. The smallest absolute Gasteiger partial charge is 0.281 e. The molecule has 0 spiro atoms. The van der Waals surface area contributed by atoms with E-state index in [0.29, 0.717) is 29.0 Å². The Balaban J connectivity index is 1.59. The first kappa shape index (κ1) is 23.0. The summed E-state index contributed by atoms with van der Waals surface area (Å²) < 4.78 is 11.7. The molecule has 33 heavy (non-hydrogen) atoms. The normalized spacial score (nSPS) is 15.2. The van der Waals surface area contributed by atoms with Gasteiger partial charge in [0.15, 0.2) is 12.9 Å². The summed E-state index contributed by atoms with van der Waals surface area (Å²) in [7, 11) is 1.61. The highest BCUT2D eigenvalue weighted by Crippen LogP contribution is 2.34. The largest absolute Gasteiger partial charge is 0.497 e. The lowest BCUT2D eigenvalue weighted by Crippen LogP contribution is -2.31. The van der Waals surface area contributed by atoms with Crippen LogP contribution in [0.15, 0.2) is 76.3 Å². The van der Waals surface area contributed by atoms with Gasteiger partial charge in [-0.2, -0.15) is 5.10 Å². The molecule has 0 saturated carbocycles. The van der Waals surface area contributed by atoms with Crippen molar-refractivity contribution in [2.24, 2.45) is 5.10 Å². The number of carbonyl (C=O) groups excluding carboxylic acids is 2.